The molecule has 1 aliphatic heterocycles. The molecule has 0 radical (unpaired) electrons. The molecule has 31 heavy (non-hydrogen) atoms. The number of hydrogen-bond donors (Lipinski definition) is 2. The number of halogens is 1. The average Bonchev–Trinajstić information content (AvgIpc) is 3.11. The number of methoxy groups -OCH3 is 1. The van der Waals surface area contributed by atoms with Crippen molar-refractivity contribution in [2.24, 2.45) is 0 Å². The standard InChI is InChI=1S/C24H37IN2O3Si/c1-8-17(25)14-27-13-12-19-18-10-9-11-20(29-5)21(18)26-22(19)24(27,15-28)16-30-31(6,7)23(2,3)4/h8-11,26,28H,12-16H2,1-7H3/b17-8-/t24-/m0/s1. The van der Waals surface area contributed by atoms with Crippen molar-refractivity contribution in [3.8, 4) is 5.75 Å². The molecule has 7 heteroatoms. The smallest absolute Gasteiger partial charge is 0.192 e. The van der Waals surface area contributed by atoms with Crippen molar-refractivity contribution >= 4 is 41.8 Å². The molecule has 3 rings (SSSR count). The number of ether oxygens (including phenoxy) is 1. The zero-order valence-electron chi connectivity index (χ0n) is 19.9. The van der Waals surface area contributed by atoms with Crippen LogP contribution in [-0.4, -0.2) is 56.7 Å². The maximum Gasteiger partial charge on any atom is 0.192 e. The number of H-pyrrole nitrogens is 1. The van der Waals surface area contributed by atoms with E-state index in [1.54, 1.807) is 7.11 Å². The summed E-state index contributed by atoms with van der Waals surface area (Å²) in [6.07, 6.45) is 3.07. The van der Waals surface area contributed by atoms with Crippen LogP contribution in [0.5, 0.6) is 5.75 Å². The molecule has 0 amide bonds. The van der Waals surface area contributed by atoms with Gasteiger partial charge < -0.3 is 19.3 Å². The highest BCUT2D eigenvalue weighted by Gasteiger charge is 2.47. The predicted octanol–water partition coefficient (Wildman–Crippen LogP) is 5.58. The first kappa shape index (κ1) is 24.8. The van der Waals surface area contributed by atoms with Crippen molar-refractivity contribution in [2.45, 2.75) is 57.8 Å². The second-order valence-corrected chi connectivity index (χ2v) is 16.2. The van der Waals surface area contributed by atoms with Crippen molar-refractivity contribution in [3.05, 3.63) is 39.1 Å². The number of fused-ring (bicyclic) bond motifs is 3. The fourth-order valence-electron chi connectivity index (χ4n) is 4.10. The van der Waals surface area contributed by atoms with Gasteiger partial charge in [-0.1, -0.05) is 39.0 Å². The molecule has 2 heterocycles. The van der Waals surface area contributed by atoms with E-state index in [1.165, 1.54) is 14.5 Å². The molecule has 2 N–H and O–H groups in total. The van der Waals surface area contributed by atoms with Crippen LogP contribution in [0.2, 0.25) is 18.1 Å². The third kappa shape index (κ3) is 4.49. The van der Waals surface area contributed by atoms with E-state index in [0.717, 1.165) is 36.5 Å². The Bertz CT molecular complexity index is 964. The van der Waals surface area contributed by atoms with Crippen LogP contribution in [0.4, 0.5) is 0 Å². The van der Waals surface area contributed by atoms with Crippen LogP contribution in [0, 0.1) is 0 Å². The highest BCUT2D eigenvalue weighted by Crippen LogP contribution is 2.44. The number of hydrogen-bond acceptors (Lipinski definition) is 4. The number of aromatic amines is 1. The molecule has 1 aromatic carbocycles. The Hall–Kier alpha value is -0.873. The quantitative estimate of drug-likeness (QED) is 0.345. The molecule has 2 aromatic rings. The van der Waals surface area contributed by atoms with Gasteiger partial charge in [-0.3, -0.25) is 4.90 Å². The lowest BCUT2D eigenvalue weighted by Gasteiger charge is -2.48. The number of allylic oxidation sites excluding steroid dienone is 1. The second kappa shape index (κ2) is 9.17. The Morgan fingerprint density at radius 1 is 1.35 bits per heavy atom. The third-order valence-corrected chi connectivity index (χ3v) is 12.7. The lowest BCUT2D eigenvalue weighted by atomic mass is 9.85. The summed E-state index contributed by atoms with van der Waals surface area (Å²) >= 11 is 2.40. The van der Waals surface area contributed by atoms with Crippen molar-refractivity contribution in [1.82, 2.24) is 9.88 Å². The minimum absolute atomic E-state index is 0.00258. The summed E-state index contributed by atoms with van der Waals surface area (Å²) in [5, 5.41) is 12.2. The van der Waals surface area contributed by atoms with Crippen molar-refractivity contribution in [3.63, 3.8) is 0 Å². The molecular formula is C24H37IN2O3Si. The maximum absolute atomic E-state index is 10.9. The minimum Gasteiger partial charge on any atom is -0.495 e. The molecule has 1 atom stereocenters. The minimum atomic E-state index is -2.00. The van der Waals surface area contributed by atoms with Crippen LogP contribution in [-0.2, 0) is 16.4 Å². The van der Waals surface area contributed by atoms with Crippen molar-refractivity contribution in [1.29, 1.82) is 0 Å². The van der Waals surface area contributed by atoms with Gasteiger partial charge >= 0.3 is 0 Å². The number of aliphatic hydroxyl groups is 1. The van der Waals surface area contributed by atoms with Gasteiger partial charge in [-0.25, -0.2) is 0 Å². The van der Waals surface area contributed by atoms with E-state index in [2.05, 4.69) is 85.4 Å². The van der Waals surface area contributed by atoms with Crippen LogP contribution in [0.1, 0.15) is 39.0 Å². The molecule has 0 unspecified atom stereocenters. The third-order valence-electron chi connectivity index (χ3n) is 7.22. The molecule has 0 fully saturated rings. The molecule has 0 spiro atoms. The number of aliphatic hydroxyl groups excluding tert-OH is 1. The molecule has 5 nitrogen and oxygen atoms in total. The predicted molar refractivity (Wildman–Crippen MR) is 140 cm³/mol. The van der Waals surface area contributed by atoms with E-state index in [1.807, 2.05) is 12.1 Å². The summed E-state index contributed by atoms with van der Waals surface area (Å²) in [7, 11) is -0.297. The number of aromatic nitrogens is 1. The Morgan fingerprint density at radius 2 is 2.06 bits per heavy atom. The summed E-state index contributed by atoms with van der Waals surface area (Å²) in [5.74, 6) is 0.832. The van der Waals surface area contributed by atoms with Gasteiger partial charge in [0, 0.05) is 27.7 Å². The van der Waals surface area contributed by atoms with Crippen LogP contribution >= 0.6 is 22.6 Å². The van der Waals surface area contributed by atoms with Crippen LogP contribution < -0.4 is 4.74 Å². The summed E-state index contributed by atoms with van der Waals surface area (Å²) in [6.45, 7) is 15.5. The number of nitrogens with zero attached hydrogens (tertiary/aromatic N) is 1. The fourth-order valence-corrected chi connectivity index (χ4v) is 5.55. The lowest BCUT2D eigenvalue weighted by Crippen LogP contribution is -2.58. The first-order valence-corrected chi connectivity index (χ1v) is 15.0. The largest absolute Gasteiger partial charge is 0.495 e. The Kier molecular flexibility index (Phi) is 7.33. The van der Waals surface area contributed by atoms with Gasteiger partial charge in [-0.2, -0.15) is 0 Å². The molecule has 1 aromatic heterocycles. The van der Waals surface area contributed by atoms with E-state index < -0.39 is 13.9 Å². The number of benzene rings is 1. The molecule has 0 saturated heterocycles. The monoisotopic (exact) mass is 556 g/mol. The average molecular weight is 557 g/mol. The zero-order valence-corrected chi connectivity index (χ0v) is 23.1. The number of rotatable bonds is 7. The van der Waals surface area contributed by atoms with Crippen LogP contribution in [0.25, 0.3) is 10.9 Å². The fraction of sp³-hybridized carbons (Fsp3) is 0.583. The van der Waals surface area contributed by atoms with Crippen LogP contribution in [0.3, 0.4) is 0 Å². The molecule has 172 valence electrons. The SMILES string of the molecule is C/C=C(\I)CN1CCc2c([nH]c3c(OC)cccc23)[C@]1(CO)CO[Si](C)(C)C(C)(C)C. The van der Waals surface area contributed by atoms with E-state index in [-0.39, 0.29) is 11.6 Å². The second-order valence-electron chi connectivity index (χ2n) is 10.0. The number of nitrogens with one attached hydrogen (secondary N) is 1. The van der Waals surface area contributed by atoms with Crippen molar-refractivity contribution < 1.29 is 14.3 Å². The highest BCUT2D eigenvalue weighted by atomic mass is 127. The van der Waals surface area contributed by atoms with Gasteiger partial charge in [-0.15, -0.1) is 0 Å². The first-order chi connectivity index (χ1) is 14.5. The van der Waals surface area contributed by atoms with Crippen molar-refractivity contribution in [2.75, 3.05) is 33.4 Å². The van der Waals surface area contributed by atoms with Crippen LogP contribution in [0.15, 0.2) is 27.9 Å². The molecule has 0 bridgehead atoms. The Labute approximate surface area is 201 Å². The first-order valence-electron chi connectivity index (χ1n) is 11.0. The Balaban J connectivity index is 2.15. The highest BCUT2D eigenvalue weighted by molar-refractivity contribution is 14.1. The molecule has 1 aliphatic rings. The van der Waals surface area contributed by atoms with Gasteiger partial charge in [0.15, 0.2) is 8.32 Å². The summed E-state index contributed by atoms with van der Waals surface area (Å²) in [4.78, 5) is 6.06. The van der Waals surface area contributed by atoms with E-state index in [4.69, 9.17) is 9.16 Å². The van der Waals surface area contributed by atoms with Gasteiger partial charge in [0.25, 0.3) is 0 Å². The molecule has 0 saturated carbocycles. The topological polar surface area (TPSA) is 57.7 Å². The van der Waals surface area contributed by atoms with Gasteiger partial charge in [-0.05, 0) is 65.7 Å². The number of para-hydroxylation sites is 1. The zero-order chi connectivity index (χ0) is 23.0. The van der Waals surface area contributed by atoms with Gasteiger partial charge in [0.2, 0.25) is 0 Å². The maximum atomic E-state index is 10.9. The van der Waals surface area contributed by atoms with Gasteiger partial charge in [0.1, 0.15) is 11.3 Å². The van der Waals surface area contributed by atoms with E-state index in [0.29, 0.717) is 6.61 Å². The van der Waals surface area contributed by atoms with E-state index in [9.17, 15) is 5.11 Å². The molecule has 0 aliphatic carbocycles. The lowest BCUT2D eigenvalue weighted by molar-refractivity contribution is -0.0167. The summed E-state index contributed by atoms with van der Waals surface area (Å²) in [6, 6.07) is 6.17. The van der Waals surface area contributed by atoms with E-state index >= 15 is 0 Å². The molecular weight excluding hydrogens is 519 g/mol. The van der Waals surface area contributed by atoms with Gasteiger partial charge in [0.05, 0.1) is 25.8 Å². The summed E-state index contributed by atoms with van der Waals surface area (Å²) in [5.41, 5.74) is 2.73. The summed E-state index contributed by atoms with van der Waals surface area (Å²) < 4.78 is 13.6. The Morgan fingerprint density at radius 3 is 2.65 bits per heavy atom. The normalized spacial score (nSPS) is 20.9.